The van der Waals surface area contributed by atoms with E-state index in [1.54, 1.807) is 0 Å². The van der Waals surface area contributed by atoms with Crippen LogP contribution >= 0.6 is 0 Å². The lowest BCUT2D eigenvalue weighted by molar-refractivity contribution is -0.0309. The van der Waals surface area contributed by atoms with E-state index in [9.17, 15) is 0 Å². The number of nitrogens with zero attached hydrogens (tertiary/aromatic N) is 1. The summed E-state index contributed by atoms with van der Waals surface area (Å²) in [6.45, 7) is 12.6. The molecular weight excluding hydrogens is 212 g/mol. The van der Waals surface area contributed by atoms with Gasteiger partial charge in [-0.25, -0.2) is 0 Å². The van der Waals surface area contributed by atoms with Crippen LogP contribution in [0.4, 0.5) is 0 Å². The molecule has 2 aliphatic rings. The van der Waals surface area contributed by atoms with Crippen LogP contribution in [0.1, 0.15) is 40.0 Å². The molecule has 1 N–H and O–H groups in total. The molecule has 2 heterocycles. The van der Waals surface area contributed by atoms with Gasteiger partial charge >= 0.3 is 0 Å². The summed E-state index contributed by atoms with van der Waals surface area (Å²) in [6.07, 6.45) is 4.32. The third kappa shape index (κ3) is 3.67. The number of piperazine rings is 1. The Morgan fingerprint density at radius 3 is 2.76 bits per heavy atom. The van der Waals surface area contributed by atoms with Crippen LogP contribution in [0.3, 0.4) is 0 Å². The molecule has 17 heavy (non-hydrogen) atoms. The first-order valence-corrected chi connectivity index (χ1v) is 7.14. The largest absolute Gasteiger partial charge is 0.377 e. The van der Waals surface area contributed by atoms with Crippen molar-refractivity contribution in [3.05, 3.63) is 0 Å². The first-order chi connectivity index (χ1) is 8.07. The molecule has 0 amide bonds. The maximum Gasteiger partial charge on any atom is 0.0702 e. The third-order valence-corrected chi connectivity index (χ3v) is 4.07. The molecule has 0 aromatic heterocycles. The van der Waals surface area contributed by atoms with Gasteiger partial charge in [0.1, 0.15) is 0 Å². The number of rotatable bonds is 2. The molecule has 0 radical (unpaired) electrons. The smallest absolute Gasteiger partial charge is 0.0702 e. The predicted molar refractivity (Wildman–Crippen MR) is 71.3 cm³/mol. The molecule has 2 unspecified atom stereocenters. The van der Waals surface area contributed by atoms with Crippen molar-refractivity contribution in [3.8, 4) is 0 Å². The molecule has 2 atom stereocenters. The van der Waals surface area contributed by atoms with Gasteiger partial charge in [-0.3, -0.25) is 4.90 Å². The van der Waals surface area contributed by atoms with E-state index in [1.807, 2.05) is 0 Å². The van der Waals surface area contributed by atoms with E-state index in [0.717, 1.165) is 26.2 Å². The molecule has 2 aliphatic heterocycles. The molecule has 0 aromatic rings. The van der Waals surface area contributed by atoms with E-state index in [2.05, 4.69) is 31.0 Å². The van der Waals surface area contributed by atoms with Crippen molar-refractivity contribution in [2.75, 3.05) is 32.8 Å². The fourth-order valence-corrected chi connectivity index (χ4v) is 3.03. The lowest BCUT2D eigenvalue weighted by Gasteiger charge is -2.45. The molecule has 0 spiro atoms. The van der Waals surface area contributed by atoms with Crippen molar-refractivity contribution in [2.24, 2.45) is 5.41 Å². The minimum Gasteiger partial charge on any atom is -0.377 e. The molecule has 2 saturated heterocycles. The second-order valence-electron chi connectivity index (χ2n) is 6.57. The molecule has 2 rings (SSSR count). The quantitative estimate of drug-likeness (QED) is 0.797. The van der Waals surface area contributed by atoms with Gasteiger partial charge in [0.25, 0.3) is 0 Å². The molecule has 100 valence electrons. The summed E-state index contributed by atoms with van der Waals surface area (Å²) in [4.78, 5) is 2.65. The van der Waals surface area contributed by atoms with Crippen LogP contribution in [0.25, 0.3) is 0 Å². The molecule has 0 aliphatic carbocycles. The first-order valence-electron chi connectivity index (χ1n) is 7.14. The maximum absolute atomic E-state index is 5.88. The summed E-state index contributed by atoms with van der Waals surface area (Å²) in [5.74, 6) is 0. The van der Waals surface area contributed by atoms with Gasteiger partial charge in [0, 0.05) is 38.8 Å². The summed E-state index contributed by atoms with van der Waals surface area (Å²) in [6, 6.07) is 0.641. The number of hydrogen-bond acceptors (Lipinski definition) is 3. The standard InChI is InChI=1S/C14H28N2O/c1-14(2,3)13-10-15-7-8-16(13)11-12-6-4-5-9-17-12/h12-13,15H,4-11H2,1-3H3. The summed E-state index contributed by atoms with van der Waals surface area (Å²) >= 11 is 0. The van der Waals surface area contributed by atoms with Crippen molar-refractivity contribution in [2.45, 2.75) is 52.2 Å². The SMILES string of the molecule is CC(C)(C)C1CNCCN1CC1CCCCO1. The summed E-state index contributed by atoms with van der Waals surface area (Å²) in [5, 5.41) is 3.53. The first kappa shape index (κ1) is 13.3. The monoisotopic (exact) mass is 240 g/mol. The van der Waals surface area contributed by atoms with Gasteiger partial charge in [-0.15, -0.1) is 0 Å². The van der Waals surface area contributed by atoms with E-state index in [0.29, 0.717) is 17.6 Å². The predicted octanol–water partition coefficient (Wildman–Crippen LogP) is 1.88. The highest BCUT2D eigenvalue weighted by atomic mass is 16.5. The van der Waals surface area contributed by atoms with Crippen LogP contribution in [-0.2, 0) is 4.74 Å². The summed E-state index contributed by atoms with van der Waals surface area (Å²) in [5.41, 5.74) is 0.349. The van der Waals surface area contributed by atoms with E-state index in [4.69, 9.17) is 4.74 Å². The van der Waals surface area contributed by atoms with Crippen molar-refractivity contribution < 1.29 is 4.74 Å². The highest BCUT2D eigenvalue weighted by molar-refractivity contribution is 4.89. The van der Waals surface area contributed by atoms with Gasteiger partial charge in [0.05, 0.1) is 6.10 Å². The fraction of sp³-hybridized carbons (Fsp3) is 1.00. The van der Waals surface area contributed by atoms with Crippen LogP contribution in [0, 0.1) is 5.41 Å². The maximum atomic E-state index is 5.88. The number of hydrogen-bond donors (Lipinski definition) is 1. The van der Waals surface area contributed by atoms with E-state index in [1.165, 1.54) is 25.8 Å². The van der Waals surface area contributed by atoms with Gasteiger partial charge in [0.15, 0.2) is 0 Å². The van der Waals surface area contributed by atoms with Crippen molar-refractivity contribution in [1.29, 1.82) is 0 Å². The Bertz CT molecular complexity index is 231. The average Bonchev–Trinajstić information content (AvgIpc) is 2.30. The number of ether oxygens (including phenoxy) is 1. The van der Waals surface area contributed by atoms with Crippen LogP contribution < -0.4 is 5.32 Å². The topological polar surface area (TPSA) is 24.5 Å². The normalized spacial score (nSPS) is 32.6. The Morgan fingerprint density at radius 2 is 2.12 bits per heavy atom. The lowest BCUT2D eigenvalue weighted by atomic mass is 9.84. The summed E-state index contributed by atoms with van der Waals surface area (Å²) < 4.78 is 5.88. The molecule has 0 saturated carbocycles. The zero-order valence-electron chi connectivity index (χ0n) is 11.7. The van der Waals surface area contributed by atoms with Gasteiger partial charge in [0.2, 0.25) is 0 Å². The zero-order chi connectivity index (χ0) is 12.3. The van der Waals surface area contributed by atoms with Crippen molar-refractivity contribution >= 4 is 0 Å². The highest BCUT2D eigenvalue weighted by Gasteiger charge is 2.33. The van der Waals surface area contributed by atoms with Crippen molar-refractivity contribution in [1.82, 2.24) is 10.2 Å². The van der Waals surface area contributed by atoms with Crippen LogP contribution in [-0.4, -0.2) is 49.8 Å². The molecule has 2 fully saturated rings. The van der Waals surface area contributed by atoms with Gasteiger partial charge in [-0.1, -0.05) is 20.8 Å². The third-order valence-electron chi connectivity index (χ3n) is 4.07. The van der Waals surface area contributed by atoms with Crippen LogP contribution in [0.2, 0.25) is 0 Å². The number of nitrogens with one attached hydrogen (secondary N) is 1. The van der Waals surface area contributed by atoms with E-state index in [-0.39, 0.29) is 0 Å². The Hall–Kier alpha value is -0.120. The molecular formula is C14H28N2O. The van der Waals surface area contributed by atoms with Crippen LogP contribution in [0.5, 0.6) is 0 Å². The minimum absolute atomic E-state index is 0.349. The molecule has 0 aromatic carbocycles. The van der Waals surface area contributed by atoms with E-state index < -0.39 is 0 Å². The van der Waals surface area contributed by atoms with Gasteiger partial charge in [-0.2, -0.15) is 0 Å². The average molecular weight is 240 g/mol. The van der Waals surface area contributed by atoms with E-state index >= 15 is 0 Å². The molecule has 3 nitrogen and oxygen atoms in total. The molecule has 0 bridgehead atoms. The fourth-order valence-electron chi connectivity index (χ4n) is 3.03. The minimum atomic E-state index is 0.349. The second-order valence-corrected chi connectivity index (χ2v) is 6.57. The Kier molecular flexibility index (Phi) is 4.45. The van der Waals surface area contributed by atoms with Gasteiger partial charge < -0.3 is 10.1 Å². The van der Waals surface area contributed by atoms with Gasteiger partial charge in [-0.05, 0) is 24.7 Å². The lowest BCUT2D eigenvalue weighted by Crippen LogP contribution is -2.58. The second kappa shape index (κ2) is 5.68. The Morgan fingerprint density at radius 1 is 1.29 bits per heavy atom. The van der Waals surface area contributed by atoms with Crippen molar-refractivity contribution in [3.63, 3.8) is 0 Å². The Labute approximate surface area is 106 Å². The highest BCUT2D eigenvalue weighted by Crippen LogP contribution is 2.26. The zero-order valence-corrected chi connectivity index (χ0v) is 11.7. The molecule has 3 heteroatoms. The van der Waals surface area contributed by atoms with Crippen LogP contribution in [0.15, 0.2) is 0 Å². The summed E-state index contributed by atoms with van der Waals surface area (Å²) in [7, 11) is 0. The Balaban J connectivity index is 1.91.